The van der Waals surface area contributed by atoms with Gasteiger partial charge in [-0.15, -0.1) is 11.3 Å². The van der Waals surface area contributed by atoms with E-state index in [-0.39, 0.29) is 11.3 Å². The number of carbonyl (C=O) groups excluding carboxylic acids is 1. The third-order valence-corrected chi connectivity index (χ3v) is 6.39. The van der Waals surface area contributed by atoms with Crippen LogP contribution >= 0.6 is 34.5 Å². The second-order valence-corrected chi connectivity index (χ2v) is 8.82. The third-order valence-electron chi connectivity index (χ3n) is 4.79. The van der Waals surface area contributed by atoms with Gasteiger partial charge in [0.15, 0.2) is 0 Å². The maximum absolute atomic E-state index is 12.7. The van der Waals surface area contributed by atoms with Crippen molar-refractivity contribution < 1.29 is 9.90 Å². The number of H-pyrrole nitrogens is 1. The molecule has 1 atom stereocenters. The predicted octanol–water partition coefficient (Wildman–Crippen LogP) is 4.98. The lowest BCUT2D eigenvalue weighted by Gasteiger charge is -2.18. The molecule has 4 rings (SSSR count). The number of benzene rings is 1. The van der Waals surface area contributed by atoms with Crippen molar-refractivity contribution in [3.8, 4) is 5.75 Å². The number of thiophene rings is 1. The molecule has 0 aliphatic heterocycles. The SMILES string of the molecule is CC1CCc2c(sc3[nH]c(=O)c(C(=O)Nc4cc(Cl)cc(Cl)c4)c(O)c23)C1. The summed E-state index contributed by atoms with van der Waals surface area (Å²) in [6.45, 7) is 2.19. The van der Waals surface area contributed by atoms with Crippen LogP contribution in [0.5, 0.6) is 5.75 Å². The fourth-order valence-electron chi connectivity index (χ4n) is 3.52. The summed E-state index contributed by atoms with van der Waals surface area (Å²) in [7, 11) is 0. The van der Waals surface area contributed by atoms with Gasteiger partial charge < -0.3 is 15.4 Å². The van der Waals surface area contributed by atoms with Gasteiger partial charge >= 0.3 is 0 Å². The third kappa shape index (κ3) is 3.33. The first kappa shape index (κ1) is 18.3. The Hall–Kier alpha value is -2.02. The summed E-state index contributed by atoms with van der Waals surface area (Å²) in [5.41, 5.74) is 0.439. The lowest BCUT2D eigenvalue weighted by atomic mass is 9.89. The normalized spacial score (nSPS) is 16.3. The van der Waals surface area contributed by atoms with E-state index in [0.717, 1.165) is 29.7 Å². The number of aromatic amines is 1. The van der Waals surface area contributed by atoms with Crippen LogP contribution in [0.2, 0.25) is 10.0 Å². The van der Waals surface area contributed by atoms with Gasteiger partial charge in [-0.2, -0.15) is 0 Å². The molecule has 0 radical (unpaired) electrons. The van der Waals surface area contributed by atoms with Gasteiger partial charge in [0, 0.05) is 20.6 Å². The Kier molecular flexibility index (Phi) is 4.66. The number of halogens is 2. The van der Waals surface area contributed by atoms with E-state index in [1.54, 1.807) is 0 Å². The molecule has 0 fully saturated rings. The second kappa shape index (κ2) is 6.86. The molecule has 1 aromatic carbocycles. The first-order chi connectivity index (χ1) is 12.8. The van der Waals surface area contributed by atoms with Gasteiger partial charge in [0.25, 0.3) is 11.5 Å². The number of aryl methyl sites for hydroxylation is 1. The van der Waals surface area contributed by atoms with Gasteiger partial charge in [0.2, 0.25) is 0 Å². The Labute approximate surface area is 168 Å². The van der Waals surface area contributed by atoms with Crippen LogP contribution in [-0.2, 0) is 12.8 Å². The van der Waals surface area contributed by atoms with Gasteiger partial charge in [-0.05, 0) is 48.9 Å². The Morgan fingerprint density at radius 3 is 2.70 bits per heavy atom. The van der Waals surface area contributed by atoms with E-state index in [9.17, 15) is 14.7 Å². The van der Waals surface area contributed by atoms with Crippen LogP contribution in [0.1, 0.15) is 34.1 Å². The van der Waals surface area contributed by atoms with E-state index in [0.29, 0.717) is 31.9 Å². The molecule has 1 aliphatic carbocycles. The number of aromatic hydroxyl groups is 1. The highest BCUT2D eigenvalue weighted by Crippen LogP contribution is 2.41. The van der Waals surface area contributed by atoms with Gasteiger partial charge in [0.05, 0.1) is 5.39 Å². The number of fused-ring (bicyclic) bond motifs is 3. The zero-order valence-electron chi connectivity index (χ0n) is 14.4. The molecule has 1 amide bonds. The average molecular weight is 423 g/mol. The fourth-order valence-corrected chi connectivity index (χ4v) is 5.45. The first-order valence-corrected chi connectivity index (χ1v) is 10.1. The number of pyridine rings is 1. The van der Waals surface area contributed by atoms with Crippen molar-refractivity contribution in [1.82, 2.24) is 4.98 Å². The fraction of sp³-hybridized carbons (Fsp3) is 0.263. The lowest BCUT2D eigenvalue weighted by molar-refractivity contribution is 0.102. The van der Waals surface area contributed by atoms with Crippen molar-refractivity contribution in [3.63, 3.8) is 0 Å². The smallest absolute Gasteiger partial charge is 0.265 e. The summed E-state index contributed by atoms with van der Waals surface area (Å²) < 4.78 is 0. The van der Waals surface area contributed by atoms with Crippen LogP contribution in [0, 0.1) is 5.92 Å². The Morgan fingerprint density at radius 1 is 1.30 bits per heavy atom. The summed E-state index contributed by atoms with van der Waals surface area (Å²) in [6.07, 6.45) is 2.75. The molecule has 1 aliphatic rings. The van der Waals surface area contributed by atoms with Crippen molar-refractivity contribution in [3.05, 3.63) is 54.6 Å². The molecule has 2 heterocycles. The topological polar surface area (TPSA) is 82.2 Å². The van der Waals surface area contributed by atoms with Gasteiger partial charge in [-0.3, -0.25) is 9.59 Å². The number of hydrogen-bond donors (Lipinski definition) is 3. The molecule has 2 aromatic heterocycles. The molecule has 0 bridgehead atoms. The molecule has 3 aromatic rings. The number of anilines is 1. The minimum atomic E-state index is -0.710. The predicted molar refractivity (Wildman–Crippen MR) is 110 cm³/mol. The van der Waals surface area contributed by atoms with Crippen molar-refractivity contribution in [1.29, 1.82) is 0 Å². The Bertz CT molecular complexity index is 1120. The van der Waals surface area contributed by atoms with Crippen LogP contribution in [-0.4, -0.2) is 16.0 Å². The van der Waals surface area contributed by atoms with Crippen molar-refractivity contribution in [2.45, 2.75) is 26.2 Å². The summed E-state index contributed by atoms with van der Waals surface area (Å²) in [6, 6.07) is 4.57. The van der Waals surface area contributed by atoms with E-state index in [4.69, 9.17) is 23.2 Å². The number of nitrogens with one attached hydrogen (secondary N) is 2. The number of rotatable bonds is 2. The summed E-state index contributed by atoms with van der Waals surface area (Å²) >= 11 is 13.4. The monoisotopic (exact) mass is 422 g/mol. The number of carbonyl (C=O) groups is 1. The van der Waals surface area contributed by atoms with Crippen LogP contribution in [0.3, 0.4) is 0 Å². The maximum atomic E-state index is 12.7. The highest BCUT2D eigenvalue weighted by atomic mass is 35.5. The molecule has 8 heteroatoms. The summed E-state index contributed by atoms with van der Waals surface area (Å²) in [4.78, 5) is 29.7. The molecule has 5 nitrogen and oxygen atoms in total. The number of amides is 1. The summed E-state index contributed by atoms with van der Waals surface area (Å²) in [5.74, 6) is -0.417. The van der Waals surface area contributed by atoms with Gasteiger partial charge in [0.1, 0.15) is 16.1 Å². The first-order valence-electron chi connectivity index (χ1n) is 8.50. The minimum Gasteiger partial charge on any atom is -0.506 e. The molecule has 140 valence electrons. The molecule has 3 N–H and O–H groups in total. The van der Waals surface area contributed by atoms with Crippen LogP contribution < -0.4 is 10.9 Å². The quantitative estimate of drug-likeness (QED) is 0.544. The number of hydrogen-bond acceptors (Lipinski definition) is 4. The molecule has 0 saturated carbocycles. The lowest BCUT2D eigenvalue weighted by Crippen LogP contribution is -2.23. The molecule has 0 spiro atoms. The van der Waals surface area contributed by atoms with E-state index in [2.05, 4.69) is 17.2 Å². The minimum absolute atomic E-state index is 0.272. The van der Waals surface area contributed by atoms with Crippen LogP contribution in [0.15, 0.2) is 23.0 Å². The second-order valence-electron chi connectivity index (χ2n) is 6.85. The van der Waals surface area contributed by atoms with Crippen molar-refractivity contribution >= 4 is 56.3 Å². The number of aromatic nitrogens is 1. The molecule has 27 heavy (non-hydrogen) atoms. The summed E-state index contributed by atoms with van der Waals surface area (Å²) in [5, 5.41) is 14.6. The van der Waals surface area contributed by atoms with E-state index in [1.807, 2.05) is 0 Å². The van der Waals surface area contributed by atoms with Gasteiger partial charge in [-0.1, -0.05) is 30.1 Å². The van der Waals surface area contributed by atoms with E-state index < -0.39 is 11.5 Å². The molecule has 1 unspecified atom stereocenters. The maximum Gasteiger partial charge on any atom is 0.265 e. The molecular formula is C19H16Cl2N2O3S. The van der Waals surface area contributed by atoms with E-state index in [1.165, 1.54) is 29.5 Å². The highest BCUT2D eigenvalue weighted by Gasteiger charge is 2.27. The zero-order chi connectivity index (χ0) is 19.3. The average Bonchev–Trinajstić information content (AvgIpc) is 2.90. The Balaban J connectivity index is 1.79. The molecular weight excluding hydrogens is 407 g/mol. The van der Waals surface area contributed by atoms with Crippen molar-refractivity contribution in [2.75, 3.05) is 5.32 Å². The molecule has 0 saturated heterocycles. The zero-order valence-corrected chi connectivity index (χ0v) is 16.7. The Morgan fingerprint density at radius 2 is 2.00 bits per heavy atom. The van der Waals surface area contributed by atoms with Gasteiger partial charge in [-0.25, -0.2) is 0 Å². The highest BCUT2D eigenvalue weighted by molar-refractivity contribution is 7.18. The van der Waals surface area contributed by atoms with Crippen molar-refractivity contribution in [2.24, 2.45) is 5.92 Å². The largest absolute Gasteiger partial charge is 0.506 e. The van der Waals surface area contributed by atoms with Crippen LogP contribution in [0.25, 0.3) is 10.2 Å². The van der Waals surface area contributed by atoms with E-state index >= 15 is 0 Å². The standard InChI is InChI=1S/C19H16Cl2N2O3S/c1-8-2-3-12-13(4-8)27-19-14(12)16(24)15(18(26)23-19)17(25)22-11-6-9(20)5-10(21)7-11/h5-8H,2-4H2,1H3,(H,22,25)(H2,23,24,26). The van der Waals surface area contributed by atoms with Crippen LogP contribution in [0.4, 0.5) is 5.69 Å².